The van der Waals surface area contributed by atoms with E-state index in [0.717, 1.165) is 32.0 Å². The topological polar surface area (TPSA) is 40.2 Å². The maximum Gasteiger partial charge on any atom is 0.128 e. The molecule has 114 valence electrons. The Bertz CT molecular complexity index is 391. The maximum absolute atomic E-state index is 4.44. The Labute approximate surface area is 133 Å². The molecule has 20 heavy (non-hydrogen) atoms. The van der Waals surface area contributed by atoms with Gasteiger partial charge in [-0.15, -0.1) is 24.8 Å². The third kappa shape index (κ3) is 4.40. The van der Waals surface area contributed by atoms with Crippen LogP contribution in [-0.2, 0) is 0 Å². The van der Waals surface area contributed by atoms with Crippen molar-refractivity contribution >= 4 is 36.3 Å². The molecule has 2 fully saturated rings. The van der Waals surface area contributed by atoms with E-state index in [1.54, 1.807) is 0 Å². The summed E-state index contributed by atoms with van der Waals surface area (Å²) in [6, 6.07) is 4.95. The number of hydrogen-bond acceptors (Lipinski definition) is 4. The Hall–Kier alpha value is -0.710. The molecular formula is C14H24Cl2N4. The molecule has 2 heterocycles. The first kappa shape index (κ1) is 17.3. The van der Waals surface area contributed by atoms with Crippen molar-refractivity contribution in [1.82, 2.24) is 10.3 Å². The predicted octanol–water partition coefficient (Wildman–Crippen LogP) is 2.69. The lowest BCUT2D eigenvalue weighted by atomic mass is 10.2. The molecule has 3 rings (SSSR count). The van der Waals surface area contributed by atoms with Gasteiger partial charge in [-0.05, 0) is 18.9 Å². The van der Waals surface area contributed by atoms with Gasteiger partial charge in [-0.1, -0.05) is 12.8 Å². The smallest absolute Gasteiger partial charge is 0.128 e. The summed E-state index contributed by atoms with van der Waals surface area (Å²) in [5.41, 5.74) is 1.30. The van der Waals surface area contributed by atoms with E-state index in [2.05, 4.69) is 32.7 Å². The van der Waals surface area contributed by atoms with Crippen molar-refractivity contribution in [2.75, 3.05) is 36.4 Å². The van der Waals surface area contributed by atoms with Gasteiger partial charge < -0.3 is 15.5 Å². The van der Waals surface area contributed by atoms with Crippen LogP contribution in [0.5, 0.6) is 0 Å². The van der Waals surface area contributed by atoms with Crippen LogP contribution < -0.4 is 15.5 Å². The summed E-state index contributed by atoms with van der Waals surface area (Å²) in [6.45, 7) is 4.33. The minimum atomic E-state index is 0. The SMILES string of the molecule is Cl.Cl.c1cc(N2CCNCC2)cc(NC2CCCC2)n1. The second kappa shape index (κ2) is 8.55. The number of hydrogen-bond donors (Lipinski definition) is 2. The molecule has 1 aromatic heterocycles. The number of nitrogens with zero attached hydrogens (tertiary/aromatic N) is 2. The normalized spacial score (nSPS) is 19.1. The lowest BCUT2D eigenvalue weighted by Gasteiger charge is -2.29. The molecule has 4 nitrogen and oxygen atoms in total. The van der Waals surface area contributed by atoms with E-state index in [9.17, 15) is 0 Å². The number of aromatic nitrogens is 1. The molecule has 0 radical (unpaired) electrons. The van der Waals surface area contributed by atoms with E-state index in [0.29, 0.717) is 6.04 Å². The van der Waals surface area contributed by atoms with E-state index in [-0.39, 0.29) is 24.8 Å². The van der Waals surface area contributed by atoms with Gasteiger partial charge in [0.25, 0.3) is 0 Å². The zero-order valence-corrected chi connectivity index (χ0v) is 13.3. The molecule has 1 aliphatic carbocycles. The van der Waals surface area contributed by atoms with Crippen LogP contribution in [0.4, 0.5) is 11.5 Å². The highest BCUT2D eigenvalue weighted by Gasteiger charge is 2.16. The minimum absolute atomic E-state index is 0. The summed E-state index contributed by atoms with van der Waals surface area (Å²) in [5, 5.41) is 6.95. The standard InChI is InChI=1S/C14H22N4.2ClH/c1-2-4-12(3-1)17-14-11-13(5-6-16-14)18-9-7-15-8-10-18;;/h5-6,11-12,15H,1-4,7-10H2,(H,16,17);2*1H. The first-order valence-corrected chi connectivity index (χ1v) is 7.10. The highest BCUT2D eigenvalue weighted by Crippen LogP contribution is 2.23. The first-order valence-electron chi connectivity index (χ1n) is 7.10. The fourth-order valence-electron chi connectivity index (χ4n) is 2.90. The van der Waals surface area contributed by atoms with Crippen LogP contribution in [0.25, 0.3) is 0 Å². The predicted molar refractivity (Wildman–Crippen MR) is 89.7 cm³/mol. The van der Waals surface area contributed by atoms with E-state index in [4.69, 9.17) is 0 Å². The average molecular weight is 319 g/mol. The van der Waals surface area contributed by atoms with Crippen molar-refractivity contribution in [2.24, 2.45) is 0 Å². The first-order chi connectivity index (χ1) is 8.92. The van der Waals surface area contributed by atoms with Gasteiger partial charge in [0.05, 0.1) is 0 Å². The zero-order chi connectivity index (χ0) is 12.2. The Morgan fingerprint density at radius 3 is 2.55 bits per heavy atom. The number of piperazine rings is 1. The van der Waals surface area contributed by atoms with Crippen molar-refractivity contribution < 1.29 is 0 Å². The van der Waals surface area contributed by atoms with E-state index in [1.807, 2.05) is 6.20 Å². The van der Waals surface area contributed by atoms with Gasteiger partial charge in [0.2, 0.25) is 0 Å². The second-order valence-corrected chi connectivity index (χ2v) is 5.26. The van der Waals surface area contributed by atoms with E-state index < -0.39 is 0 Å². The molecule has 0 aromatic carbocycles. The molecule has 0 amide bonds. The number of nitrogens with one attached hydrogen (secondary N) is 2. The summed E-state index contributed by atoms with van der Waals surface area (Å²) in [7, 11) is 0. The summed E-state index contributed by atoms with van der Waals surface area (Å²) < 4.78 is 0. The summed E-state index contributed by atoms with van der Waals surface area (Å²) >= 11 is 0. The summed E-state index contributed by atoms with van der Waals surface area (Å²) in [4.78, 5) is 6.87. The van der Waals surface area contributed by atoms with E-state index in [1.165, 1.54) is 31.4 Å². The molecule has 0 bridgehead atoms. The van der Waals surface area contributed by atoms with Crippen LogP contribution in [0.2, 0.25) is 0 Å². The van der Waals surface area contributed by atoms with Gasteiger partial charge in [0.1, 0.15) is 5.82 Å². The van der Waals surface area contributed by atoms with Gasteiger partial charge in [0, 0.05) is 50.2 Å². The van der Waals surface area contributed by atoms with Gasteiger partial charge in [-0.2, -0.15) is 0 Å². The quantitative estimate of drug-likeness (QED) is 0.899. The number of rotatable bonds is 3. The molecule has 1 aromatic rings. The molecule has 6 heteroatoms. The van der Waals surface area contributed by atoms with Crippen LogP contribution >= 0.6 is 24.8 Å². The summed E-state index contributed by atoms with van der Waals surface area (Å²) in [5.74, 6) is 1.04. The highest BCUT2D eigenvalue weighted by molar-refractivity contribution is 5.85. The van der Waals surface area contributed by atoms with Crippen molar-refractivity contribution in [1.29, 1.82) is 0 Å². The summed E-state index contributed by atoms with van der Waals surface area (Å²) in [6.07, 6.45) is 7.22. The van der Waals surface area contributed by atoms with Crippen molar-refractivity contribution in [2.45, 2.75) is 31.7 Å². The lowest BCUT2D eigenvalue weighted by molar-refractivity contribution is 0.589. The lowest BCUT2D eigenvalue weighted by Crippen LogP contribution is -2.43. The molecule has 1 saturated heterocycles. The van der Waals surface area contributed by atoms with Crippen LogP contribution in [0.15, 0.2) is 18.3 Å². The zero-order valence-electron chi connectivity index (χ0n) is 11.7. The molecule has 1 saturated carbocycles. The average Bonchev–Trinajstić information content (AvgIpc) is 2.93. The van der Waals surface area contributed by atoms with Crippen LogP contribution in [0.3, 0.4) is 0 Å². The monoisotopic (exact) mass is 318 g/mol. The molecular weight excluding hydrogens is 295 g/mol. The van der Waals surface area contributed by atoms with Crippen molar-refractivity contribution in [3.63, 3.8) is 0 Å². The Morgan fingerprint density at radius 1 is 1.15 bits per heavy atom. The fourth-order valence-corrected chi connectivity index (χ4v) is 2.90. The highest BCUT2D eigenvalue weighted by atomic mass is 35.5. The molecule has 0 atom stereocenters. The fraction of sp³-hybridized carbons (Fsp3) is 0.643. The van der Waals surface area contributed by atoms with Gasteiger partial charge in [-0.25, -0.2) is 4.98 Å². The van der Waals surface area contributed by atoms with Crippen molar-refractivity contribution in [3.05, 3.63) is 18.3 Å². The van der Waals surface area contributed by atoms with Gasteiger partial charge in [-0.3, -0.25) is 0 Å². The second-order valence-electron chi connectivity index (χ2n) is 5.26. The van der Waals surface area contributed by atoms with Crippen LogP contribution in [0.1, 0.15) is 25.7 Å². The Kier molecular flexibility index (Phi) is 7.41. The maximum atomic E-state index is 4.44. The molecule has 1 aliphatic heterocycles. The van der Waals surface area contributed by atoms with Gasteiger partial charge >= 0.3 is 0 Å². The van der Waals surface area contributed by atoms with Crippen LogP contribution in [0, 0.1) is 0 Å². The van der Waals surface area contributed by atoms with Crippen molar-refractivity contribution in [3.8, 4) is 0 Å². The molecule has 2 N–H and O–H groups in total. The Balaban J connectivity index is 0.000001000. The Morgan fingerprint density at radius 2 is 1.85 bits per heavy atom. The third-order valence-electron chi connectivity index (χ3n) is 3.93. The third-order valence-corrected chi connectivity index (χ3v) is 3.93. The van der Waals surface area contributed by atoms with Gasteiger partial charge in [0.15, 0.2) is 0 Å². The van der Waals surface area contributed by atoms with E-state index >= 15 is 0 Å². The number of anilines is 2. The number of halogens is 2. The number of pyridine rings is 1. The minimum Gasteiger partial charge on any atom is -0.369 e. The molecule has 0 unspecified atom stereocenters. The van der Waals surface area contributed by atoms with Crippen LogP contribution in [-0.4, -0.2) is 37.2 Å². The molecule has 2 aliphatic rings. The largest absolute Gasteiger partial charge is 0.369 e. The molecule has 0 spiro atoms.